The summed E-state index contributed by atoms with van der Waals surface area (Å²) in [5.41, 5.74) is -2.89. The number of aromatic amines is 2. The summed E-state index contributed by atoms with van der Waals surface area (Å²) in [6, 6.07) is 8.08. The van der Waals surface area contributed by atoms with Crippen molar-refractivity contribution < 1.29 is 26.7 Å². The second-order valence-corrected chi connectivity index (χ2v) is 7.71. The number of rotatable bonds is 7. The molecule has 0 saturated carbocycles. The predicted molar refractivity (Wildman–Crippen MR) is 110 cm³/mol. The molecule has 13 heteroatoms. The zero-order valence-corrected chi connectivity index (χ0v) is 17.0. The molecule has 3 aromatic rings. The van der Waals surface area contributed by atoms with Crippen LogP contribution >= 0.6 is 0 Å². The fourth-order valence-corrected chi connectivity index (χ4v) is 3.54. The van der Waals surface area contributed by atoms with Crippen LogP contribution in [-0.4, -0.2) is 30.4 Å². The first-order valence-electron chi connectivity index (χ1n) is 8.68. The van der Waals surface area contributed by atoms with Gasteiger partial charge in [-0.1, -0.05) is 12.1 Å². The zero-order valence-electron chi connectivity index (χ0n) is 16.2. The van der Waals surface area contributed by atoms with E-state index in [1.54, 1.807) is 4.98 Å². The van der Waals surface area contributed by atoms with E-state index in [0.29, 0.717) is 5.56 Å². The van der Waals surface area contributed by atoms with Crippen LogP contribution in [0.5, 0.6) is 11.5 Å². The van der Waals surface area contributed by atoms with Crippen molar-refractivity contribution >= 4 is 28.0 Å². The Hall–Kier alpha value is -4.26. The molecule has 0 bridgehead atoms. The van der Waals surface area contributed by atoms with E-state index in [0.717, 1.165) is 30.3 Å². The lowest BCUT2D eigenvalue weighted by molar-refractivity contribution is -0.386. The summed E-state index contributed by atoms with van der Waals surface area (Å²) in [6.45, 7) is 0. The van der Waals surface area contributed by atoms with Gasteiger partial charge in [0.1, 0.15) is 16.4 Å². The number of hydrogen-bond donors (Lipinski definition) is 2. The molecular formula is C19H14FN3O8S. The monoisotopic (exact) mass is 463 g/mol. The third kappa shape index (κ3) is 4.89. The summed E-state index contributed by atoms with van der Waals surface area (Å²) >= 11 is 0. The number of aromatic nitrogens is 2. The second-order valence-electron chi connectivity index (χ2n) is 6.16. The van der Waals surface area contributed by atoms with Gasteiger partial charge in [-0.3, -0.25) is 19.9 Å². The van der Waals surface area contributed by atoms with E-state index >= 15 is 0 Å². The molecule has 2 aromatic carbocycles. The lowest BCUT2D eigenvalue weighted by atomic mass is 10.1. The molecule has 0 aliphatic rings. The van der Waals surface area contributed by atoms with Crippen LogP contribution < -0.4 is 20.2 Å². The fourth-order valence-electron chi connectivity index (χ4n) is 2.60. The number of ether oxygens (including phenoxy) is 1. The topological polar surface area (TPSA) is 161 Å². The van der Waals surface area contributed by atoms with Crippen molar-refractivity contribution in [3.8, 4) is 11.5 Å². The number of nitrogens with one attached hydrogen (secondary N) is 2. The first-order chi connectivity index (χ1) is 15.1. The van der Waals surface area contributed by atoms with Crippen molar-refractivity contribution in [2.45, 2.75) is 4.90 Å². The normalized spacial score (nSPS) is 11.4. The molecule has 0 fully saturated rings. The maximum absolute atomic E-state index is 13.0. The lowest BCUT2D eigenvalue weighted by Gasteiger charge is -2.11. The Morgan fingerprint density at radius 3 is 2.34 bits per heavy atom. The molecule has 0 amide bonds. The number of halogens is 1. The molecule has 0 atom stereocenters. The van der Waals surface area contributed by atoms with Crippen LogP contribution in [0.15, 0.2) is 56.9 Å². The summed E-state index contributed by atoms with van der Waals surface area (Å²) in [6.07, 6.45) is 2.47. The highest BCUT2D eigenvalue weighted by atomic mass is 32.2. The van der Waals surface area contributed by atoms with Crippen LogP contribution in [0.1, 0.15) is 11.3 Å². The number of nitrogens with zero attached hydrogens (tertiary/aromatic N) is 1. The number of H-pyrrole nitrogens is 2. The number of nitro groups is 1. The third-order valence-electron chi connectivity index (χ3n) is 4.06. The molecule has 1 aromatic heterocycles. The van der Waals surface area contributed by atoms with Crippen LogP contribution in [0, 0.1) is 15.9 Å². The average Bonchev–Trinajstić information content (AvgIpc) is 2.72. The molecule has 32 heavy (non-hydrogen) atoms. The van der Waals surface area contributed by atoms with E-state index in [4.69, 9.17) is 8.92 Å². The summed E-state index contributed by atoms with van der Waals surface area (Å²) in [5.74, 6) is -0.768. The van der Waals surface area contributed by atoms with Gasteiger partial charge < -0.3 is 13.9 Å². The minimum atomic E-state index is -4.27. The summed E-state index contributed by atoms with van der Waals surface area (Å²) in [7, 11) is -3.01. The first kappa shape index (κ1) is 22.4. The molecular weight excluding hydrogens is 449 g/mol. The SMILES string of the molecule is COc1cc(/C=C/c2[nH]c(=O)[nH]c(=O)c2[N+](=O)[O-])ccc1OS(=O)(=O)c1ccc(F)cc1. The van der Waals surface area contributed by atoms with E-state index in [2.05, 4.69) is 4.98 Å². The molecule has 166 valence electrons. The molecule has 3 rings (SSSR count). The van der Waals surface area contributed by atoms with Gasteiger partial charge in [0.25, 0.3) is 0 Å². The quantitative estimate of drug-likeness (QED) is 0.306. The van der Waals surface area contributed by atoms with Gasteiger partial charge in [0.05, 0.1) is 12.0 Å². The van der Waals surface area contributed by atoms with E-state index in [-0.39, 0.29) is 22.1 Å². The Kier molecular flexibility index (Phi) is 6.20. The van der Waals surface area contributed by atoms with Crippen LogP contribution in [0.3, 0.4) is 0 Å². The molecule has 2 N–H and O–H groups in total. The van der Waals surface area contributed by atoms with Crippen molar-refractivity contribution in [3.63, 3.8) is 0 Å². The van der Waals surface area contributed by atoms with Gasteiger partial charge >= 0.3 is 27.1 Å². The predicted octanol–water partition coefficient (Wildman–Crippen LogP) is 2.06. The first-order valence-corrected chi connectivity index (χ1v) is 10.1. The van der Waals surface area contributed by atoms with Crippen molar-refractivity contribution in [2.75, 3.05) is 7.11 Å². The minimum absolute atomic E-state index is 0.00624. The largest absolute Gasteiger partial charge is 0.493 e. The van der Waals surface area contributed by atoms with E-state index in [9.17, 15) is 32.5 Å². The Bertz CT molecular complexity index is 1430. The highest BCUT2D eigenvalue weighted by molar-refractivity contribution is 7.87. The van der Waals surface area contributed by atoms with Gasteiger partial charge in [0.2, 0.25) is 0 Å². The third-order valence-corrected chi connectivity index (χ3v) is 5.31. The van der Waals surface area contributed by atoms with E-state index in [1.165, 1.54) is 31.4 Å². The summed E-state index contributed by atoms with van der Waals surface area (Å²) in [5, 5.41) is 11.1. The fraction of sp³-hybridized carbons (Fsp3) is 0.0526. The Morgan fingerprint density at radius 2 is 1.72 bits per heavy atom. The highest BCUT2D eigenvalue weighted by Crippen LogP contribution is 2.31. The molecule has 1 heterocycles. The van der Waals surface area contributed by atoms with Gasteiger partial charge in [0.15, 0.2) is 11.5 Å². The number of hydrogen-bond acceptors (Lipinski definition) is 8. The van der Waals surface area contributed by atoms with Crippen molar-refractivity contribution in [1.82, 2.24) is 9.97 Å². The number of benzene rings is 2. The summed E-state index contributed by atoms with van der Waals surface area (Å²) < 4.78 is 48.0. The standard InChI is InChI=1S/C19H14FN3O8S/c1-30-16-10-11(2-8-14-17(23(26)27)18(24)22-19(25)21-14)3-9-15(16)31-32(28,29)13-6-4-12(20)5-7-13/h2-10H,1H3,(H2,21,22,24,25)/b8-2+. The van der Waals surface area contributed by atoms with Crippen LogP contribution in [0.4, 0.5) is 10.1 Å². The van der Waals surface area contributed by atoms with Gasteiger partial charge in [-0.05, 0) is 48.0 Å². The highest BCUT2D eigenvalue weighted by Gasteiger charge is 2.20. The van der Waals surface area contributed by atoms with Crippen molar-refractivity contribution in [1.29, 1.82) is 0 Å². The molecule has 0 unspecified atom stereocenters. The van der Waals surface area contributed by atoms with Crippen LogP contribution in [0.25, 0.3) is 12.2 Å². The summed E-state index contributed by atoms with van der Waals surface area (Å²) in [4.78, 5) is 36.9. The van der Waals surface area contributed by atoms with Crippen LogP contribution in [0.2, 0.25) is 0 Å². The van der Waals surface area contributed by atoms with Crippen LogP contribution in [-0.2, 0) is 10.1 Å². The smallest absolute Gasteiger partial charge is 0.357 e. The maximum Gasteiger partial charge on any atom is 0.357 e. The molecule has 0 aliphatic heterocycles. The molecule has 0 aliphatic carbocycles. The van der Waals surface area contributed by atoms with Gasteiger partial charge in [-0.2, -0.15) is 8.42 Å². The van der Waals surface area contributed by atoms with Gasteiger partial charge in [-0.15, -0.1) is 0 Å². The Balaban J connectivity index is 1.93. The van der Waals surface area contributed by atoms with E-state index < -0.39 is 37.8 Å². The maximum atomic E-state index is 13.0. The van der Waals surface area contributed by atoms with Gasteiger partial charge in [0, 0.05) is 0 Å². The Labute approximate surface area is 179 Å². The van der Waals surface area contributed by atoms with Gasteiger partial charge in [-0.25, -0.2) is 9.18 Å². The molecule has 0 radical (unpaired) electrons. The Morgan fingerprint density at radius 1 is 1.03 bits per heavy atom. The second kappa shape index (κ2) is 8.85. The number of methoxy groups -OCH3 is 1. The lowest BCUT2D eigenvalue weighted by Crippen LogP contribution is -2.25. The molecule has 0 spiro atoms. The van der Waals surface area contributed by atoms with Crippen molar-refractivity contribution in [2.24, 2.45) is 0 Å². The molecule has 0 saturated heterocycles. The molecule has 11 nitrogen and oxygen atoms in total. The zero-order chi connectivity index (χ0) is 23.5. The average molecular weight is 463 g/mol. The minimum Gasteiger partial charge on any atom is -0.493 e. The van der Waals surface area contributed by atoms with Crippen molar-refractivity contribution in [3.05, 3.63) is 90.5 Å². The van der Waals surface area contributed by atoms with E-state index in [1.807, 2.05) is 0 Å².